The molecule has 1 aromatic carbocycles. The molecule has 1 aliphatic carbocycles. The molecule has 1 saturated carbocycles. The lowest BCUT2D eigenvalue weighted by Crippen LogP contribution is -2.19. The molecule has 2 rings (SSSR count). The van der Waals surface area contributed by atoms with Crippen molar-refractivity contribution >= 4 is 15.9 Å². The minimum Gasteiger partial charge on any atom is -0.493 e. The van der Waals surface area contributed by atoms with Gasteiger partial charge in [-0.2, -0.15) is 0 Å². The molecule has 0 radical (unpaired) electrons. The van der Waals surface area contributed by atoms with Gasteiger partial charge in [-0.25, -0.2) is 0 Å². The van der Waals surface area contributed by atoms with Crippen molar-refractivity contribution in [3.63, 3.8) is 0 Å². The van der Waals surface area contributed by atoms with E-state index in [9.17, 15) is 0 Å². The lowest BCUT2D eigenvalue weighted by molar-refractivity contribution is 0.180. The molecule has 0 spiro atoms. The summed E-state index contributed by atoms with van der Waals surface area (Å²) in [5.41, 5.74) is 1.32. The summed E-state index contributed by atoms with van der Waals surface area (Å²) in [6, 6.07) is 6.37. The van der Waals surface area contributed by atoms with Gasteiger partial charge in [0.15, 0.2) is 0 Å². The maximum absolute atomic E-state index is 5.86. The second kappa shape index (κ2) is 6.41. The molecule has 0 heterocycles. The Kier molecular flexibility index (Phi) is 4.86. The molecule has 94 valence electrons. The first-order chi connectivity index (χ1) is 8.28. The van der Waals surface area contributed by atoms with Gasteiger partial charge in [0.05, 0.1) is 6.61 Å². The lowest BCUT2D eigenvalue weighted by Gasteiger charge is -2.25. The third kappa shape index (κ3) is 4.00. The number of halogens is 1. The van der Waals surface area contributed by atoms with E-state index in [-0.39, 0.29) is 0 Å². The number of hydrogen-bond donors (Lipinski definition) is 1. The van der Waals surface area contributed by atoms with Crippen molar-refractivity contribution in [3.8, 4) is 5.75 Å². The summed E-state index contributed by atoms with van der Waals surface area (Å²) < 4.78 is 6.97. The molecular weight excluding hydrogens is 278 g/mol. The molecular formula is C14H20BrNO. The highest BCUT2D eigenvalue weighted by molar-refractivity contribution is 9.10. The number of hydrogen-bond acceptors (Lipinski definition) is 2. The van der Waals surface area contributed by atoms with E-state index < -0.39 is 0 Å². The molecule has 3 heteroatoms. The summed E-state index contributed by atoms with van der Waals surface area (Å²) in [6.07, 6.45) is 5.08. The molecule has 1 fully saturated rings. The van der Waals surface area contributed by atoms with Gasteiger partial charge in [-0.05, 0) is 62.5 Å². The van der Waals surface area contributed by atoms with Crippen molar-refractivity contribution in [2.24, 2.45) is 5.92 Å². The van der Waals surface area contributed by atoms with Crippen molar-refractivity contribution in [1.82, 2.24) is 5.32 Å². The molecule has 0 aromatic heterocycles. The van der Waals surface area contributed by atoms with E-state index in [0.29, 0.717) is 0 Å². The molecule has 2 nitrogen and oxygen atoms in total. The van der Waals surface area contributed by atoms with Gasteiger partial charge in [-0.3, -0.25) is 0 Å². The standard InChI is InChI=1S/C14H20BrNO/c1-16-6-5-12-7-13(15)9-14(8-12)17-10-11-3-2-4-11/h7-9,11,16H,2-6,10H2,1H3. The first-order valence-corrected chi connectivity index (χ1v) is 7.14. The maximum Gasteiger partial charge on any atom is 0.120 e. The summed E-state index contributed by atoms with van der Waals surface area (Å²) in [4.78, 5) is 0. The van der Waals surface area contributed by atoms with Crippen molar-refractivity contribution in [3.05, 3.63) is 28.2 Å². The van der Waals surface area contributed by atoms with Crippen LogP contribution in [-0.2, 0) is 6.42 Å². The van der Waals surface area contributed by atoms with Gasteiger partial charge in [-0.15, -0.1) is 0 Å². The Hall–Kier alpha value is -0.540. The molecule has 17 heavy (non-hydrogen) atoms. The Morgan fingerprint density at radius 2 is 2.18 bits per heavy atom. The van der Waals surface area contributed by atoms with Gasteiger partial charge < -0.3 is 10.1 Å². The first-order valence-electron chi connectivity index (χ1n) is 6.35. The van der Waals surface area contributed by atoms with E-state index in [0.717, 1.165) is 35.7 Å². The second-order valence-corrected chi connectivity index (χ2v) is 5.67. The summed E-state index contributed by atoms with van der Waals surface area (Å²) in [5.74, 6) is 1.78. The predicted octanol–water partition coefficient (Wildman–Crippen LogP) is 3.39. The van der Waals surface area contributed by atoms with Gasteiger partial charge in [0.25, 0.3) is 0 Å². The third-order valence-corrected chi connectivity index (χ3v) is 3.76. The Morgan fingerprint density at radius 1 is 1.35 bits per heavy atom. The summed E-state index contributed by atoms with van der Waals surface area (Å²) in [7, 11) is 1.98. The van der Waals surface area contributed by atoms with Crippen molar-refractivity contribution < 1.29 is 4.74 Å². The van der Waals surface area contributed by atoms with E-state index in [2.05, 4.69) is 39.4 Å². The quantitative estimate of drug-likeness (QED) is 0.869. The van der Waals surface area contributed by atoms with Crippen molar-refractivity contribution in [1.29, 1.82) is 0 Å². The van der Waals surface area contributed by atoms with Crippen LogP contribution in [0.5, 0.6) is 5.75 Å². The minimum atomic E-state index is 0.787. The topological polar surface area (TPSA) is 21.3 Å². The normalized spacial score (nSPS) is 15.6. The van der Waals surface area contributed by atoms with Gasteiger partial charge in [0, 0.05) is 4.47 Å². The number of benzene rings is 1. The molecule has 0 aliphatic heterocycles. The zero-order chi connectivity index (χ0) is 12.1. The minimum absolute atomic E-state index is 0.787. The zero-order valence-corrected chi connectivity index (χ0v) is 11.9. The van der Waals surface area contributed by atoms with Crippen LogP contribution in [0.25, 0.3) is 0 Å². The average Bonchev–Trinajstić information content (AvgIpc) is 2.23. The van der Waals surface area contributed by atoms with E-state index in [4.69, 9.17) is 4.74 Å². The molecule has 0 atom stereocenters. The zero-order valence-electron chi connectivity index (χ0n) is 10.3. The molecule has 1 N–H and O–H groups in total. The third-order valence-electron chi connectivity index (χ3n) is 3.31. The number of likely N-dealkylation sites (N-methyl/N-ethyl adjacent to an activating group) is 1. The first kappa shape index (κ1) is 12.9. The van der Waals surface area contributed by atoms with Crippen LogP contribution < -0.4 is 10.1 Å². The van der Waals surface area contributed by atoms with E-state index in [1.54, 1.807) is 0 Å². The fraction of sp³-hybridized carbons (Fsp3) is 0.571. The highest BCUT2D eigenvalue weighted by Gasteiger charge is 2.17. The molecule has 0 amide bonds. The van der Waals surface area contributed by atoms with Crippen LogP contribution in [-0.4, -0.2) is 20.2 Å². The number of ether oxygens (including phenoxy) is 1. The van der Waals surface area contributed by atoms with Crippen LogP contribution in [0.3, 0.4) is 0 Å². The number of nitrogens with one attached hydrogen (secondary N) is 1. The fourth-order valence-corrected chi connectivity index (χ4v) is 2.51. The van der Waals surface area contributed by atoms with Gasteiger partial charge >= 0.3 is 0 Å². The maximum atomic E-state index is 5.86. The molecule has 0 bridgehead atoms. The monoisotopic (exact) mass is 297 g/mol. The molecule has 1 aromatic rings. The Morgan fingerprint density at radius 3 is 2.82 bits per heavy atom. The van der Waals surface area contributed by atoms with Gasteiger partial charge in [0.1, 0.15) is 5.75 Å². The van der Waals surface area contributed by atoms with Crippen LogP contribution >= 0.6 is 15.9 Å². The van der Waals surface area contributed by atoms with Crippen molar-refractivity contribution in [2.75, 3.05) is 20.2 Å². The Labute approximate surface area is 112 Å². The summed E-state index contributed by atoms with van der Waals surface area (Å²) in [5, 5.41) is 3.17. The lowest BCUT2D eigenvalue weighted by atomic mass is 9.86. The predicted molar refractivity (Wildman–Crippen MR) is 74.6 cm³/mol. The largest absolute Gasteiger partial charge is 0.493 e. The average molecular weight is 298 g/mol. The van der Waals surface area contributed by atoms with E-state index in [1.165, 1.54) is 24.8 Å². The van der Waals surface area contributed by atoms with Crippen LogP contribution in [0, 0.1) is 5.92 Å². The van der Waals surface area contributed by atoms with Gasteiger partial charge in [0.2, 0.25) is 0 Å². The van der Waals surface area contributed by atoms with Crippen molar-refractivity contribution in [2.45, 2.75) is 25.7 Å². The molecule has 1 aliphatic rings. The molecule has 0 unspecified atom stereocenters. The Balaban J connectivity index is 1.92. The fourth-order valence-electron chi connectivity index (χ4n) is 1.99. The smallest absolute Gasteiger partial charge is 0.120 e. The Bertz CT molecular complexity index is 363. The highest BCUT2D eigenvalue weighted by Crippen LogP contribution is 2.28. The highest BCUT2D eigenvalue weighted by atomic mass is 79.9. The SMILES string of the molecule is CNCCc1cc(Br)cc(OCC2CCC2)c1. The van der Waals surface area contributed by atoms with Gasteiger partial charge in [-0.1, -0.05) is 22.4 Å². The summed E-state index contributed by atoms with van der Waals surface area (Å²) >= 11 is 3.54. The van der Waals surface area contributed by atoms with Crippen LogP contribution in [0.1, 0.15) is 24.8 Å². The van der Waals surface area contributed by atoms with Crippen LogP contribution in [0.4, 0.5) is 0 Å². The molecule has 0 saturated heterocycles. The van der Waals surface area contributed by atoms with E-state index in [1.807, 2.05) is 7.05 Å². The second-order valence-electron chi connectivity index (χ2n) is 4.76. The van der Waals surface area contributed by atoms with Crippen LogP contribution in [0.2, 0.25) is 0 Å². The van der Waals surface area contributed by atoms with Crippen LogP contribution in [0.15, 0.2) is 22.7 Å². The van der Waals surface area contributed by atoms with E-state index >= 15 is 0 Å². The number of rotatable bonds is 6. The summed E-state index contributed by atoms with van der Waals surface area (Å²) in [6.45, 7) is 1.88.